The average molecular weight is 365 g/mol. The van der Waals surface area contributed by atoms with Gasteiger partial charge < -0.3 is 23.5 Å². The first-order valence-electron chi connectivity index (χ1n) is 8.25. The zero-order valence-corrected chi connectivity index (χ0v) is 15.1. The van der Waals surface area contributed by atoms with Gasteiger partial charge in [-0.15, -0.1) is 6.58 Å². The molecule has 0 aliphatic carbocycles. The van der Waals surface area contributed by atoms with Crippen molar-refractivity contribution in [3.63, 3.8) is 0 Å². The molecule has 0 saturated carbocycles. The molecule has 1 aromatic heterocycles. The Morgan fingerprint density at radius 2 is 1.65 bits per heavy atom. The van der Waals surface area contributed by atoms with Gasteiger partial charge in [-0.3, -0.25) is 14.4 Å². The number of hydrogen-bond donors (Lipinski definition) is 0. The normalized spacial score (nSPS) is 22.4. The Kier molecular flexibility index (Phi) is 6.43. The lowest BCUT2D eigenvalue weighted by molar-refractivity contribution is -0.184. The summed E-state index contributed by atoms with van der Waals surface area (Å²) < 4.78 is 21.5. The maximum absolute atomic E-state index is 11.5. The summed E-state index contributed by atoms with van der Waals surface area (Å²) in [6.07, 6.45) is 1.37. The van der Waals surface area contributed by atoms with Crippen LogP contribution in [0.15, 0.2) is 29.4 Å². The number of furan rings is 1. The molecule has 2 heterocycles. The van der Waals surface area contributed by atoms with Crippen LogP contribution in [-0.4, -0.2) is 49.3 Å². The number of allylic oxidation sites excluding steroid dienone is 1. The van der Waals surface area contributed by atoms with Crippen LogP contribution in [0.3, 0.4) is 0 Å². The van der Waals surface area contributed by atoms with E-state index in [0.29, 0.717) is 12.3 Å². The fraction of sp³-hybridized carbons (Fsp3) is 0.500. The Bertz CT molecular complexity index is 655. The fourth-order valence-electron chi connectivity index (χ4n) is 3.02. The van der Waals surface area contributed by atoms with Crippen molar-refractivity contribution < 1.29 is 33.0 Å². The Hall–Kier alpha value is -2.77. The van der Waals surface area contributed by atoms with Gasteiger partial charge in [-0.05, 0) is 12.5 Å². The molecule has 0 aromatic carbocycles. The summed E-state index contributed by atoms with van der Waals surface area (Å²) >= 11 is 0. The number of nitrogens with zero attached hydrogens (tertiary/aromatic N) is 1. The summed E-state index contributed by atoms with van der Waals surface area (Å²) in [6.45, 7) is 7.95. The summed E-state index contributed by atoms with van der Waals surface area (Å²) in [4.78, 5) is 36.3. The van der Waals surface area contributed by atoms with Crippen LogP contribution in [-0.2, 0) is 35.0 Å². The van der Waals surface area contributed by atoms with Gasteiger partial charge in [0.05, 0.1) is 19.4 Å². The predicted molar refractivity (Wildman–Crippen MR) is 91.5 cm³/mol. The van der Waals surface area contributed by atoms with Crippen molar-refractivity contribution in [2.45, 2.75) is 45.5 Å². The van der Waals surface area contributed by atoms with Crippen LogP contribution in [0.2, 0.25) is 0 Å². The lowest BCUT2D eigenvalue weighted by Gasteiger charge is -2.41. The number of hydrogen-bond acceptors (Lipinski definition) is 8. The number of anilines is 1. The zero-order valence-electron chi connectivity index (χ0n) is 15.1. The van der Waals surface area contributed by atoms with Gasteiger partial charge >= 0.3 is 17.9 Å². The minimum absolute atomic E-state index is 0.229. The standard InChI is InChI=1S/C18H23NO7/c1-5-6-14-7-8-23-18(14)19-9-15(24-11(2)20)17(26-13(4)22)16(10-19)25-12(3)21/h5,7-8,15-17H,1,6,9-10H2,2-4H3/t15-,16+,17?. The van der Waals surface area contributed by atoms with E-state index in [4.69, 9.17) is 18.6 Å². The number of ether oxygens (including phenoxy) is 3. The van der Waals surface area contributed by atoms with Crippen LogP contribution < -0.4 is 4.90 Å². The Labute approximate surface area is 151 Å². The van der Waals surface area contributed by atoms with E-state index in [-0.39, 0.29) is 13.1 Å². The van der Waals surface area contributed by atoms with E-state index < -0.39 is 36.2 Å². The van der Waals surface area contributed by atoms with E-state index in [1.54, 1.807) is 17.2 Å². The van der Waals surface area contributed by atoms with Crippen molar-refractivity contribution in [3.05, 3.63) is 30.5 Å². The second kappa shape index (κ2) is 8.55. The highest BCUT2D eigenvalue weighted by Crippen LogP contribution is 2.29. The molecular formula is C18H23NO7. The zero-order chi connectivity index (χ0) is 19.3. The van der Waals surface area contributed by atoms with Gasteiger partial charge in [0.1, 0.15) is 0 Å². The largest absolute Gasteiger partial charge is 0.457 e. The topological polar surface area (TPSA) is 95.3 Å². The van der Waals surface area contributed by atoms with Gasteiger partial charge in [0.25, 0.3) is 0 Å². The van der Waals surface area contributed by atoms with Crippen LogP contribution >= 0.6 is 0 Å². The highest BCUT2D eigenvalue weighted by Gasteiger charge is 2.44. The first-order valence-corrected chi connectivity index (χ1v) is 8.25. The van der Waals surface area contributed by atoms with Crippen molar-refractivity contribution >= 4 is 23.8 Å². The summed E-state index contributed by atoms with van der Waals surface area (Å²) in [5.41, 5.74) is 0.897. The quantitative estimate of drug-likeness (QED) is 0.426. The number of rotatable bonds is 6. The van der Waals surface area contributed by atoms with E-state index in [1.165, 1.54) is 20.8 Å². The summed E-state index contributed by atoms with van der Waals surface area (Å²) in [6, 6.07) is 1.82. The molecule has 8 heteroatoms. The van der Waals surface area contributed by atoms with E-state index in [1.807, 2.05) is 6.07 Å². The van der Waals surface area contributed by atoms with Crippen LogP contribution in [0.1, 0.15) is 26.3 Å². The van der Waals surface area contributed by atoms with E-state index in [9.17, 15) is 14.4 Å². The molecule has 8 nitrogen and oxygen atoms in total. The molecule has 2 rings (SSSR count). The van der Waals surface area contributed by atoms with Gasteiger partial charge in [-0.1, -0.05) is 6.08 Å². The monoisotopic (exact) mass is 365 g/mol. The molecule has 0 spiro atoms. The van der Waals surface area contributed by atoms with Crippen LogP contribution in [0.4, 0.5) is 5.88 Å². The predicted octanol–water partition coefficient (Wildman–Crippen LogP) is 1.62. The molecular weight excluding hydrogens is 342 g/mol. The number of carbonyl (C=O) groups excluding carboxylic acids is 3. The Balaban J connectivity index is 2.33. The summed E-state index contributed by atoms with van der Waals surface area (Å²) in [5, 5.41) is 0. The maximum Gasteiger partial charge on any atom is 0.303 e. The van der Waals surface area contributed by atoms with Gasteiger partial charge in [0.15, 0.2) is 24.2 Å². The molecule has 1 aromatic rings. The smallest absolute Gasteiger partial charge is 0.303 e. The third kappa shape index (κ3) is 4.87. The van der Waals surface area contributed by atoms with Crippen LogP contribution in [0.25, 0.3) is 0 Å². The molecule has 1 fully saturated rings. The average Bonchev–Trinajstić information content (AvgIpc) is 2.97. The molecule has 142 valence electrons. The second-order valence-corrected chi connectivity index (χ2v) is 6.02. The number of esters is 3. The molecule has 1 saturated heterocycles. The minimum Gasteiger partial charge on any atom is -0.457 e. The second-order valence-electron chi connectivity index (χ2n) is 6.02. The van der Waals surface area contributed by atoms with E-state index in [2.05, 4.69) is 6.58 Å². The van der Waals surface area contributed by atoms with Crippen LogP contribution in [0.5, 0.6) is 0 Å². The van der Waals surface area contributed by atoms with E-state index in [0.717, 1.165) is 5.56 Å². The first kappa shape index (κ1) is 19.6. The van der Waals surface area contributed by atoms with Crippen molar-refractivity contribution in [2.24, 2.45) is 0 Å². The third-order valence-corrected chi connectivity index (χ3v) is 3.85. The van der Waals surface area contributed by atoms with Gasteiger partial charge in [-0.25, -0.2) is 0 Å². The van der Waals surface area contributed by atoms with Crippen molar-refractivity contribution in [1.29, 1.82) is 0 Å². The molecule has 1 unspecified atom stereocenters. The highest BCUT2D eigenvalue weighted by atomic mass is 16.6. The molecule has 0 bridgehead atoms. The molecule has 3 atom stereocenters. The number of piperidine rings is 1. The van der Waals surface area contributed by atoms with Gasteiger partial charge in [0.2, 0.25) is 0 Å². The van der Waals surface area contributed by atoms with Crippen molar-refractivity contribution in [2.75, 3.05) is 18.0 Å². The molecule has 0 radical (unpaired) electrons. The molecule has 1 aliphatic rings. The number of carbonyl (C=O) groups is 3. The van der Waals surface area contributed by atoms with Crippen molar-refractivity contribution in [1.82, 2.24) is 0 Å². The van der Waals surface area contributed by atoms with Gasteiger partial charge in [0, 0.05) is 26.3 Å². The van der Waals surface area contributed by atoms with Crippen LogP contribution in [0, 0.1) is 0 Å². The first-order chi connectivity index (χ1) is 12.3. The SMILES string of the molecule is C=CCc1ccoc1N1C[C@H](OC(C)=O)C(OC(C)=O)[C@H](OC(C)=O)C1. The lowest BCUT2D eigenvalue weighted by Crippen LogP contribution is -2.59. The fourth-order valence-corrected chi connectivity index (χ4v) is 3.02. The lowest BCUT2D eigenvalue weighted by atomic mass is 10.0. The Morgan fingerprint density at radius 1 is 1.12 bits per heavy atom. The summed E-state index contributed by atoms with van der Waals surface area (Å²) in [7, 11) is 0. The molecule has 26 heavy (non-hydrogen) atoms. The Morgan fingerprint density at radius 3 is 2.12 bits per heavy atom. The maximum atomic E-state index is 11.5. The summed E-state index contributed by atoms with van der Waals surface area (Å²) in [5.74, 6) is -1.04. The molecule has 1 aliphatic heterocycles. The minimum atomic E-state index is -0.894. The molecule has 0 N–H and O–H groups in total. The molecule has 0 amide bonds. The highest BCUT2D eigenvalue weighted by molar-refractivity contribution is 5.68. The van der Waals surface area contributed by atoms with Crippen molar-refractivity contribution in [3.8, 4) is 0 Å². The third-order valence-electron chi connectivity index (χ3n) is 3.85. The van der Waals surface area contributed by atoms with E-state index >= 15 is 0 Å². The van der Waals surface area contributed by atoms with Gasteiger partial charge in [-0.2, -0.15) is 0 Å².